The van der Waals surface area contributed by atoms with Gasteiger partial charge >= 0.3 is 11.9 Å². The van der Waals surface area contributed by atoms with Crippen LogP contribution in [-0.2, 0) is 16.0 Å². The second-order valence-corrected chi connectivity index (χ2v) is 8.60. The van der Waals surface area contributed by atoms with Gasteiger partial charge in [-0.3, -0.25) is 33.5 Å². The van der Waals surface area contributed by atoms with Crippen LogP contribution >= 0.6 is 0 Å². The van der Waals surface area contributed by atoms with E-state index >= 15 is 0 Å². The van der Waals surface area contributed by atoms with E-state index in [1.54, 1.807) is 0 Å². The first-order chi connectivity index (χ1) is 17.8. The third-order valence-electron chi connectivity index (χ3n) is 5.79. The van der Waals surface area contributed by atoms with Gasteiger partial charge in [-0.1, -0.05) is 12.1 Å². The fourth-order valence-corrected chi connectivity index (χ4v) is 4.04. The highest BCUT2D eigenvalue weighted by molar-refractivity contribution is 6.17. The largest absolute Gasteiger partial charge is 0.481 e. The van der Waals surface area contributed by atoms with Crippen molar-refractivity contribution >= 4 is 46.3 Å². The number of aromatic nitrogens is 1. The molecule has 14 N–H and O–H groups in total. The Balaban J connectivity index is 2.79. The SMILES string of the molecule is NCC(=O)c1c(CC(N)C(=O)O)c2c(C(=O)C(N)CCCN=C(N)N)cccc2n1C(=O)C(N)CC(=O)O. The van der Waals surface area contributed by atoms with Crippen molar-refractivity contribution in [3.8, 4) is 0 Å². The maximum absolute atomic E-state index is 13.4. The Hall–Kier alpha value is -4.18. The van der Waals surface area contributed by atoms with Gasteiger partial charge in [0.15, 0.2) is 17.5 Å². The lowest BCUT2D eigenvalue weighted by atomic mass is 9.93. The number of carbonyl (C=O) groups excluding carboxylic acids is 3. The van der Waals surface area contributed by atoms with E-state index in [-0.39, 0.29) is 46.6 Å². The number of fused-ring (bicyclic) bond motifs is 1. The van der Waals surface area contributed by atoms with Crippen LogP contribution in [0.3, 0.4) is 0 Å². The number of aliphatic carboxylic acids is 2. The molecule has 0 spiro atoms. The van der Waals surface area contributed by atoms with Gasteiger partial charge < -0.3 is 44.6 Å². The number of nitrogens with zero attached hydrogens (tertiary/aromatic N) is 2. The topological polar surface area (TPSA) is 299 Å². The summed E-state index contributed by atoms with van der Waals surface area (Å²) in [5.74, 6) is -5.16. The second-order valence-electron chi connectivity index (χ2n) is 8.60. The number of guanidine groups is 1. The lowest BCUT2D eigenvalue weighted by Gasteiger charge is -2.14. The first kappa shape index (κ1) is 30.0. The Morgan fingerprint density at radius 1 is 0.974 bits per heavy atom. The predicted molar refractivity (Wildman–Crippen MR) is 138 cm³/mol. The molecule has 0 aliphatic heterocycles. The summed E-state index contributed by atoms with van der Waals surface area (Å²) in [7, 11) is 0. The van der Waals surface area contributed by atoms with E-state index in [0.717, 1.165) is 4.57 Å². The number of hydrogen-bond donors (Lipinski definition) is 8. The van der Waals surface area contributed by atoms with Crippen molar-refractivity contribution in [2.45, 2.75) is 43.8 Å². The molecule has 0 aliphatic rings. The predicted octanol–water partition coefficient (Wildman–Crippen LogP) is -2.26. The lowest BCUT2D eigenvalue weighted by Crippen LogP contribution is -2.39. The number of rotatable bonds is 14. The normalized spacial score (nSPS) is 13.5. The minimum atomic E-state index is -1.56. The Morgan fingerprint density at radius 2 is 1.63 bits per heavy atom. The highest BCUT2D eigenvalue weighted by Gasteiger charge is 2.33. The molecular weight excluding hydrogens is 500 g/mol. The van der Waals surface area contributed by atoms with E-state index in [0.29, 0.717) is 6.42 Å². The van der Waals surface area contributed by atoms with Crippen LogP contribution in [0.5, 0.6) is 0 Å². The van der Waals surface area contributed by atoms with Gasteiger partial charge in [-0.05, 0) is 24.5 Å². The number of benzene rings is 1. The number of carboxylic acid groups (broad SMARTS) is 2. The molecule has 1 aromatic heterocycles. The summed E-state index contributed by atoms with van der Waals surface area (Å²) in [6.45, 7) is -0.353. The molecule has 0 amide bonds. The van der Waals surface area contributed by atoms with Crippen molar-refractivity contribution in [1.29, 1.82) is 0 Å². The number of aliphatic imine (C=N–C) groups is 1. The molecule has 38 heavy (non-hydrogen) atoms. The molecule has 0 saturated heterocycles. The monoisotopic (exact) mass is 532 g/mol. The van der Waals surface area contributed by atoms with E-state index < -0.39 is 66.9 Å². The van der Waals surface area contributed by atoms with Crippen LogP contribution < -0.4 is 34.4 Å². The van der Waals surface area contributed by atoms with Crippen molar-refractivity contribution in [3.63, 3.8) is 0 Å². The third-order valence-corrected chi connectivity index (χ3v) is 5.79. The van der Waals surface area contributed by atoms with Crippen molar-refractivity contribution in [2.75, 3.05) is 13.1 Å². The molecule has 0 saturated carbocycles. The summed E-state index contributed by atoms with van der Waals surface area (Å²) in [4.78, 5) is 66.3. The quantitative estimate of drug-likeness (QED) is 0.0552. The second kappa shape index (κ2) is 12.9. The molecule has 15 heteroatoms. The molecule has 3 atom stereocenters. The smallest absolute Gasteiger partial charge is 0.320 e. The van der Waals surface area contributed by atoms with Gasteiger partial charge in [0.25, 0.3) is 0 Å². The fourth-order valence-electron chi connectivity index (χ4n) is 4.04. The molecule has 1 heterocycles. The maximum atomic E-state index is 13.4. The zero-order valence-electron chi connectivity index (χ0n) is 20.5. The fraction of sp³-hybridized carbons (Fsp3) is 0.391. The Kier molecular flexibility index (Phi) is 10.2. The highest BCUT2D eigenvalue weighted by Crippen LogP contribution is 2.32. The summed E-state index contributed by atoms with van der Waals surface area (Å²) >= 11 is 0. The van der Waals surface area contributed by atoms with Gasteiger partial charge in [0.2, 0.25) is 5.91 Å². The zero-order chi connectivity index (χ0) is 28.7. The lowest BCUT2D eigenvalue weighted by molar-refractivity contribution is -0.139. The summed E-state index contributed by atoms with van der Waals surface area (Å²) in [5, 5.41) is 18.6. The molecule has 0 bridgehead atoms. The maximum Gasteiger partial charge on any atom is 0.320 e. The molecule has 2 aromatic rings. The standard InChI is InChI=1S/C23H32N8O7/c24-9-16(32)19-11(7-14(27)22(37)38)18-10(20(35)12(25)4-2-6-30-23(28)29)3-1-5-15(18)31(19)21(36)13(26)8-17(33)34/h1,3,5,12-14H,2,4,6-9,24-27H2,(H,33,34)(H,37,38)(H4,28,29,30). The molecule has 15 nitrogen and oxygen atoms in total. The number of ketones is 2. The van der Waals surface area contributed by atoms with Crippen LogP contribution in [0.15, 0.2) is 23.2 Å². The summed E-state index contributed by atoms with van der Waals surface area (Å²) in [5.41, 5.74) is 33.6. The van der Waals surface area contributed by atoms with E-state index in [1.165, 1.54) is 18.2 Å². The molecule has 2 rings (SSSR count). The molecule has 0 aliphatic carbocycles. The number of Topliss-reactive ketones (excluding diaryl/α,β-unsaturated/α-hetero) is 2. The van der Waals surface area contributed by atoms with Crippen LogP contribution in [0.25, 0.3) is 10.9 Å². The summed E-state index contributed by atoms with van der Waals surface area (Å²) in [6.07, 6.45) is -0.644. The van der Waals surface area contributed by atoms with Gasteiger partial charge in [0.1, 0.15) is 6.04 Å². The van der Waals surface area contributed by atoms with Crippen LogP contribution in [-0.4, -0.2) is 81.4 Å². The van der Waals surface area contributed by atoms with Gasteiger partial charge in [-0.2, -0.15) is 0 Å². The molecule has 3 unspecified atom stereocenters. The summed E-state index contributed by atoms with van der Waals surface area (Å²) < 4.78 is 0.878. The van der Waals surface area contributed by atoms with E-state index in [1.807, 2.05) is 0 Å². The van der Waals surface area contributed by atoms with Gasteiger partial charge in [-0.25, -0.2) is 0 Å². The van der Waals surface area contributed by atoms with Gasteiger partial charge in [0.05, 0.1) is 36.3 Å². The molecule has 1 aromatic carbocycles. The van der Waals surface area contributed by atoms with Crippen molar-refractivity contribution in [2.24, 2.45) is 39.4 Å². The summed E-state index contributed by atoms with van der Waals surface area (Å²) in [6, 6.07) is 0.149. The van der Waals surface area contributed by atoms with Crippen LogP contribution in [0, 0.1) is 0 Å². The third kappa shape index (κ3) is 6.77. The number of hydrogen-bond acceptors (Lipinski definition) is 10. The number of nitrogens with two attached hydrogens (primary N) is 6. The van der Waals surface area contributed by atoms with Crippen LogP contribution in [0.4, 0.5) is 0 Å². The van der Waals surface area contributed by atoms with Crippen LogP contribution in [0.2, 0.25) is 0 Å². The molecule has 0 fully saturated rings. The first-order valence-electron chi connectivity index (χ1n) is 11.6. The van der Waals surface area contributed by atoms with Gasteiger partial charge in [-0.15, -0.1) is 0 Å². The van der Waals surface area contributed by atoms with Gasteiger partial charge in [0, 0.05) is 23.9 Å². The zero-order valence-corrected chi connectivity index (χ0v) is 20.5. The van der Waals surface area contributed by atoms with Crippen LogP contribution in [0.1, 0.15) is 50.5 Å². The number of carboxylic acids is 2. The first-order valence-corrected chi connectivity index (χ1v) is 11.6. The van der Waals surface area contributed by atoms with Crippen molar-refractivity contribution < 1.29 is 34.2 Å². The van der Waals surface area contributed by atoms with E-state index in [9.17, 15) is 29.1 Å². The minimum absolute atomic E-state index is 0.00820. The molecular formula is C23H32N8O7. The average Bonchev–Trinajstić information content (AvgIpc) is 3.18. The highest BCUT2D eigenvalue weighted by atomic mass is 16.4. The minimum Gasteiger partial charge on any atom is -0.481 e. The Morgan fingerprint density at radius 3 is 2.18 bits per heavy atom. The Labute approximate surface area is 216 Å². The average molecular weight is 533 g/mol. The van der Waals surface area contributed by atoms with Crippen molar-refractivity contribution in [1.82, 2.24) is 4.57 Å². The van der Waals surface area contributed by atoms with Crippen molar-refractivity contribution in [3.05, 3.63) is 35.0 Å². The molecule has 206 valence electrons. The van der Waals surface area contributed by atoms with E-state index in [2.05, 4.69) is 4.99 Å². The Bertz CT molecular complexity index is 1280. The van der Waals surface area contributed by atoms with E-state index in [4.69, 9.17) is 39.5 Å². The molecule has 0 radical (unpaired) electrons. The number of carbonyl (C=O) groups is 5.